The monoisotopic (exact) mass is 1310 g/mol. The average molecular weight is 1310 g/mol. The van der Waals surface area contributed by atoms with Gasteiger partial charge in [0, 0.05) is 6.42 Å². The summed E-state index contributed by atoms with van der Waals surface area (Å²) in [6.45, 7) is 1.68. The molecule has 17 atom stereocenters. The molecule has 19 heteroatoms. The van der Waals surface area contributed by atoms with Crippen molar-refractivity contribution < 1.29 is 89.4 Å². The van der Waals surface area contributed by atoms with Crippen LogP contribution in [0.4, 0.5) is 0 Å². The quantitative estimate of drug-likeness (QED) is 0.0199. The summed E-state index contributed by atoms with van der Waals surface area (Å²) < 4.78 is 34.4. The molecule has 3 fully saturated rings. The lowest BCUT2D eigenvalue weighted by atomic mass is 9.96. The maximum absolute atomic E-state index is 13.4. The fourth-order valence-electron chi connectivity index (χ4n) is 11.7. The Bertz CT molecular complexity index is 2000. The van der Waals surface area contributed by atoms with Crippen LogP contribution in [0, 0.1) is 0 Å². The van der Waals surface area contributed by atoms with Crippen LogP contribution in [0.15, 0.2) is 85.1 Å². The van der Waals surface area contributed by atoms with Gasteiger partial charge in [-0.1, -0.05) is 247 Å². The fraction of sp³-hybridized carbons (Fsp3) is 0.795. The van der Waals surface area contributed by atoms with Crippen molar-refractivity contribution in [1.29, 1.82) is 0 Å². The standard InChI is InChI=1S/C73H127NO18/c1-3-5-7-9-11-13-15-17-19-21-22-23-24-25-26-27-28-29-30-31-32-33-34-35-37-39-41-43-45-47-49-51-61(79)74-56(57(78)50-48-46-44-42-40-38-36-20-18-16-14-12-10-8-6-4-2)55-87-71-67(85)64(82)69(59(53-76)89-71)92-73-68(86)65(83)70(60(54-77)90-73)91-72-66(84)63(81)62(80)58(52-75)88-72/h5,7,11,13,17,19,22-23,25-26,28-29,31-32,56-60,62-73,75-78,80-86H,3-4,6,8-10,12,14-16,18,20-21,24,27,30,33-55H2,1-2H3,(H,74,79)/b7-5-,13-11-,19-17-,23-22-,26-25-,29-28-,32-31-. The van der Waals surface area contributed by atoms with Crippen LogP contribution in [0.2, 0.25) is 0 Å². The van der Waals surface area contributed by atoms with E-state index < -0.39 is 124 Å². The summed E-state index contributed by atoms with van der Waals surface area (Å²) in [6.07, 6.45) is 42.2. The fourth-order valence-corrected chi connectivity index (χ4v) is 11.7. The number of rotatable bonds is 54. The van der Waals surface area contributed by atoms with E-state index in [4.69, 9.17) is 28.4 Å². The molecule has 12 N–H and O–H groups in total. The van der Waals surface area contributed by atoms with E-state index in [1.807, 2.05) is 0 Å². The number of unbranched alkanes of at least 4 members (excludes halogenated alkanes) is 24. The Morgan fingerprint density at radius 1 is 0.402 bits per heavy atom. The third kappa shape index (κ3) is 35.3. The van der Waals surface area contributed by atoms with Crippen molar-refractivity contribution >= 4 is 5.91 Å². The van der Waals surface area contributed by atoms with Gasteiger partial charge in [-0.15, -0.1) is 0 Å². The number of carbonyl (C=O) groups is 1. The van der Waals surface area contributed by atoms with Crippen molar-refractivity contribution in [2.75, 3.05) is 26.4 Å². The first-order valence-corrected chi connectivity index (χ1v) is 35.8. The number of amides is 1. The summed E-state index contributed by atoms with van der Waals surface area (Å²) in [5.41, 5.74) is 0. The molecule has 3 rings (SSSR count). The van der Waals surface area contributed by atoms with Crippen LogP contribution in [0.5, 0.6) is 0 Å². The number of aliphatic hydroxyl groups is 11. The number of aliphatic hydroxyl groups excluding tert-OH is 11. The van der Waals surface area contributed by atoms with E-state index in [1.165, 1.54) is 103 Å². The maximum atomic E-state index is 13.4. The highest BCUT2D eigenvalue weighted by Crippen LogP contribution is 2.33. The molecule has 0 saturated carbocycles. The van der Waals surface area contributed by atoms with Crippen LogP contribution < -0.4 is 5.32 Å². The Balaban J connectivity index is 1.40. The van der Waals surface area contributed by atoms with Crippen LogP contribution >= 0.6 is 0 Å². The van der Waals surface area contributed by atoms with Gasteiger partial charge in [-0.25, -0.2) is 0 Å². The third-order valence-corrected chi connectivity index (χ3v) is 17.5. The SMILES string of the molecule is CC/C=C\C/C=C\C/C=C\C/C=C\C/C=C\C/C=C\C/C=C\CCCCCCCCCCCC(=O)NC(COC1OC(CO)C(OC2OC(CO)C(OC3OC(CO)C(O)C(O)C3O)C(O)C2O)C(O)C1O)C(O)CCCCCCCCCCCCCCCCCC. The van der Waals surface area contributed by atoms with Crippen molar-refractivity contribution in [3.63, 3.8) is 0 Å². The molecule has 0 bridgehead atoms. The Labute approximate surface area is 552 Å². The summed E-state index contributed by atoms with van der Waals surface area (Å²) in [4.78, 5) is 13.4. The van der Waals surface area contributed by atoms with Gasteiger partial charge in [-0.3, -0.25) is 4.79 Å². The van der Waals surface area contributed by atoms with Crippen LogP contribution in [0.1, 0.15) is 239 Å². The van der Waals surface area contributed by atoms with Gasteiger partial charge in [0.25, 0.3) is 0 Å². The zero-order valence-corrected chi connectivity index (χ0v) is 56.3. The van der Waals surface area contributed by atoms with Crippen molar-refractivity contribution in [2.24, 2.45) is 0 Å². The van der Waals surface area contributed by atoms with Gasteiger partial charge in [-0.05, 0) is 70.6 Å². The van der Waals surface area contributed by atoms with Crippen LogP contribution in [-0.2, 0) is 33.2 Å². The Hall–Kier alpha value is -3.03. The molecule has 17 unspecified atom stereocenters. The molecule has 3 aliphatic heterocycles. The highest BCUT2D eigenvalue weighted by molar-refractivity contribution is 5.76. The second-order valence-corrected chi connectivity index (χ2v) is 25.3. The Kier molecular flexibility index (Phi) is 48.9. The second-order valence-electron chi connectivity index (χ2n) is 25.3. The number of nitrogens with one attached hydrogen (secondary N) is 1. The van der Waals surface area contributed by atoms with Gasteiger partial charge in [0.1, 0.15) is 73.2 Å². The first-order valence-electron chi connectivity index (χ1n) is 35.8. The lowest BCUT2D eigenvalue weighted by Crippen LogP contribution is -2.66. The first kappa shape index (κ1) is 83.2. The summed E-state index contributed by atoms with van der Waals surface area (Å²) in [6, 6.07) is -0.896. The summed E-state index contributed by atoms with van der Waals surface area (Å²) in [5.74, 6) is -0.252. The highest BCUT2D eigenvalue weighted by Gasteiger charge is 2.53. The summed E-state index contributed by atoms with van der Waals surface area (Å²) in [5, 5.41) is 121. The van der Waals surface area contributed by atoms with Crippen LogP contribution in [0.25, 0.3) is 0 Å². The zero-order chi connectivity index (χ0) is 66.8. The molecule has 0 aliphatic carbocycles. The Morgan fingerprint density at radius 3 is 1.17 bits per heavy atom. The molecular formula is C73H127NO18. The summed E-state index contributed by atoms with van der Waals surface area (Å²) in [7, 11) is 0. The molecule has 0 aromatic carbocycles. The highest BCUT2D eigenvalue weighted by atomic mass is 16.8. The van der Waals surface area contributed by atoms with E-state index in [-0.39, 0.29) is 18.9 Å². The van der Waals surface area contributed by atoms with E-state index in [9.17, 15) is 61.0 Å². The smallest absolute Gasteiger partial charge is 0.220 e. The number of carbonyl (C=O) groups excluding carboxylic acids is 1. The van der Waals surface area contributed by atoms with Gasteiger partial charge in [0.05, 0.1) is 38.6 Å². The first-order chi connectivity index (χ1) is 44.8. The van der Waals surface area contributed by atoms with Crippen molar-refractivity contribution in [2.45, 2.75) is 343 Å². The molecular weight excluding hydrogens is 1180 g/mol. The number of ether oxygens (including phenoxy) is 6. The molecule has 0 aromatic rings. The average Bonchev–Trinajstić information content (AvgIpc) is 0.834. The third-order valence-electron chi connectivity index (χ3n) is 17.5. The van der Waals surface area contributed by atoms with Crippen LogP contribution in [0.3, 0.4) is 0 Å². The predicted octanol–water partition coefficient (Wildman–Crippen LogP) is 9.88. The minimum absolute atomic E-state index is 0.252. The molecule has 3 aliphatic rings. The van der Waals surface area contributed by atoms with E-state index >= 15 is 0 Å². The molecule has 3 saturated heterocycles. The molecule has 19 nitrogen and oxygen atoms in total. The minimum Gasteiger partial charge on any atom is -0.394 e. The zero-order valence-electron chi connectivity index (χ0n) is 56.3. The minimum atomic E-state index is -1.98. The van der Waals surface area contributed by atoms with E-state index in [0.717, 1.165) is 103 Å². The largest absolute Gasteiger partial charge is 0.394 e. The lowest BCUT2D eigenvalue weighted by Gasteiger charge is -2.48. The summed E-state index contributed by atoms with van der Waals surface area (Å²) >= 11 is 0. The molecule has 0 aromatic heterocycles. The molecule has 3 heterocycles. The predicted molar refractivity (Wildman–Crippen MR) is 360 cm³/mol. The molecule has 1 amide bonds. The van der Waals surface area contributed by atoms with Gasteiger partial charge in [-0.2, -0.15) is 0 Å². The topological polar surface area (TPSA) is 307 Å². The van der Waals surface area contributed by atoms with Gasteiger partial charge >= 0.3 is 0 Å². The molecule has 92 heavy (non-hydrogen) atoms. The normalized spacial score (nSPS) is 28.2. The molecule has 0 radical (unpaired) electrons. The van der Waals surface area contributed by atoms with Gasteiger partial charge in [0.15, 0.2) is 18.9 Å². The van der Waals surface area contributed by atoms with E-state index in [0.29, 0.717) is 12.8 Å². The van der Waals surface area contributed by atoms with Crippen molar-refractivity contribution in [3.05, 3.63) is 85.1 Å². The second kappa shape index (κ2) is 54.0. The number of hydrogen-bond donors (Lipinski definition) is 12. The van der Waals surface area contributed by atoms with E-state index in [1.54, 1.807) is 0 Å². The maximum Gasteiger partial charge on any atom is 0.220 e. The number of allylic oxidation sites excluding steroid dienone is 14. The van der Waals surface area contributed by atoms with Gasteiger partial charge < -0.3 is 89.9 Å². The number of hydrogen-bond acceptors (Lipinski definition) is 18. The molecule has 0 spiro atoms. The Morgan fingerprint density at radius 2 is 0.750 bits per heavy atom. The van der Waals surface area contributed by atoms with Gasteiger partial charge in [0.2, 0.25) is 5.91 Å². The lowest BCUT2D eigenvalue weighted by molar-refractivity contribution is -0.379. The molecule has 532 valence electrons. The van der Waals surface area contributed by atoms with Crippen molar-refractivity contribution in [1.82, 2.24) is 5.32 Å². The van der Waals surface area contributed by atoms with Crippen molar-refractivity contribution in [3.8, 4) is 0 Å². The van der Waals surface area contributed by atoms with E-state index in [2.05, 4.69) is 104 Å². The van der Waals surface area contributed by atoms with Crippen LogP contribution in [-0.4, -0.2) is 193 Å².